The van der Waals surface area contributed by atoms with E-state index in [4.69, 9.17) is 5.11 Å². The van der Waals surface area contributed by atoms with E-state index in [9.17, 15) is 14.9 Å². The number of nitrogens with zero attached hydrogens (tertiary/aromatic N) is 2. The number of aliphatic carboxylic acids is 1. The molecule has 0 atom stereocenters. The minimum Gasteiger partial charge on any atom is -0.480 e. The lowest BCUT2D eigenvalue weighted by atomic mass is 10.1. The smallest absolute Gasteiger partial charge is 0.317 e. The molecule has 0 fully saturated rings. The van der Waals surface area contributed by atoms with Gasteiger partial charge in [-0.2, -0.15) is 0 Å². The minimum absolute atomic E-state index is 0.0399. The van der Waals surface area contributed by atoms with Crippen molar-refractivity contribution in [1.29, 1.82) is 0 Å². The van der Waals surface area contributed by atoms with E-state index in [-0.39, 0.29) is 18.3 Å². The zero-order chi connectivity index (χ0) is 15.1. The number of carbonyl (C=O) groups is 1. The molecule has 20 heavy (non-hydrogen) atoms. The predicted molar refractivity (Wildman–Crippen MR) is 76.5 cm³/mol. The van der Waals surface area contributed by atoms with Gasteiger partial charge in [0.1, 0.15) is 0 Å². The molecule has 1 N–H and O–H groups in total. The van der Waals surface area contributed by atoms with Crippen LogP contribution < -0.4 is 0 Å². The Hall–Kier alpha value is -2.21. The highest BCUT2D eigenvalue weighted by Gasteiger charge is 2.12. The Labute approximate surface area is 117 Å². The van der Waals surface area contributed by atoms with Gasteiger partial charge in [-0.3, -0.25) is 19.8 Å². The third-order valence-electron chi connectivity index (χ3n) is 2.84. The van der Waals surface area contributed by atoms with Crippen molar-refractivity contribution in [3.05, 3.63) is 46.0 Å². The molecule has 108 valence electrons. The van der Waals surface area contributed by atoms with Gasteiger partial charge in [-0.25, -0.2) is 0 Å². The summed E-state index contributed by atoms with van der Waals surface area (Å²) in [6.45, 7) is 4.18. The van der Waals surface area contributed by atoms with Crippen LogP contribution in [0.1, 0.15) is 19.4 Å². The molecule has 0 amide bonds. The Bertz CT molecular complexity index is 512. The van der Waals surface area contributed by atoms with Gasteiger partial charge in [-0.05, 0) is 19.9 Å². The Kier molecular flexibility index (Phi) is 5.86. The summed E-state index contributed by atoms with van der Waals surface area (Å²) < 4.78 is 0. The highest BCUT2D eigenvalue weighted by atomic mass is 16.6. The fourth-order valence-electron chi connectivity index (χ4n) is 1.74. The molecule has 0 bridgehead atoms. The number of carboxylic acid groups (broad SMARTS) is 1. The van der Waals surface area contributed by atoms with Crippen molar-refractivity contribution in [2.75, 3.05) is 13.1 Å². The van der Waals surface area contributed by atoms with Crippen molar-refractivity contribution in [2.24, 2.45) is 0 Å². The second-order valence-electron chi connectivity index (χ2n) is 4.64. The number of carboxylic acids is 1. The van der Waals surface area contributed by atoms with E-state index in [1.54, 1.807) is 35.3 Å². The maximum absolute atomic E-state index is 10.9. The van der Waals surface area contributed by atoms with Crippen LogP contribution in [0.2, 0.25) is 0 Å². The number of nitro groups is 1. The Morgan fingerprint density at radius 3 is 2.65 bits per heavy atom. The van der Waals surface area contributed by atoms with Crippen molar-refractivity contribution >= 4 is 17.7 Å². The Balaban J connectivity index is 2.77. The molecule has 1 aromatic rings. The molecule has 0 heterocycles. The zero-order valence-corrected chi connectivity index (χ0v) is 11.5. The predicted octanol–water partition coefficient (Wildman–Crippen LogP) is 2.40. The van der Waals surface area contributed by atoms with Gasteiger partial charge in [0.25, 0.3) is 5.69 Å². The first-order valence-electron chi connectivity index (χ1n) is 6.27. The molecule has 1 rings (SSSR count). The fourth-order valence-corrected chi connectivity index (χ4v) is 1.74. The minimum atomic E-state index is -0.891. The van der Waals surface area contributed by atoms with Gasteiger partial charge >= 0.3 is 5.97 Å². The molecule has 6 nitrogen and oxygen atoms in total. The lowest BCUT2D eigenvalue weighted by Gasteiger charge is -2.22. The first kappa shape index (κ1) is 15.8. The quantitative estimate of drug-likeness (QED) is 0.611. The summed E-state index contributed by atoms with van der Waals surface area (Å²) >= 11 is 0. The van der Waals surface area contributed by atoms with Crippen LogP contribution in [0.15, 0.2) is 30.3 Å². The third-order valence-corrected chi connectivity index (χ3v) is 2.84. The van der Waals surface area contributed by atoms with E-state index >= 15 is 0 Å². The standard InChI is InChI=1S/C14H18N2O4/c1-11(2)15(10-14(17)18)9-5-7-12-6-3-4-8-13(12)16(19)20/h3-8,11H,9-10H2,1-2H3,(H,17,18)/b7-5+. The fraction of sp³-hybridized carbons (Fsp3) is 0.357. The molecule has 0 aliphatic heterocycles. The number of hydrogen-bond donors (Lipinski definition) is 1. The van der Waals surface area contributed by atoms with Gasteiger partial charge in [0, 0.05) is 18.7 Å². The second-order valence-corrected chi connectivity index (χ2v) is 4.64. The Morgan fingerprint density at radius 1 is 1.45 bits per heavy atom. The van der Waals surface area contributed by atoms with Crippen molar-refractivity contribution < 1.29 is 14.8 Å². The maximum Gasteiger partial charge on any atom is 0.317 e. The number of hydrogen-bond acceptors (Lipinski definition) is 4. The normalized spacial score (nSPS) is 11.4. The van der Waals surface area contributed by atoms with Gasteiger partial charge in [0.05, 0.1) is 17.0 Å². The molecule has 0 unspecified atom stereocenters. The largest absolute Gasteiger partial charge is 0.480 e. The van der Waals surface area contributed by atoms with Crippen molar-refractivity contribution in [2.45, 2.75) is 19.9 Å². The van der Waals surface area contributed by atoms with Crippen molar-refractivity contribution in [1.82, 2.24) is 4.90 Å². The van der Waals surface area contributed by atoms with E-state index in [0.717, 1.165) is 0 Å². The molecule has 0 aliphatic carbocycles. The van der Waals surface area contributed by atoms with Gasteiger partial charge < -0.3 is 5.11 Å². The van der Waals surface area contributed by atoms with Crippen LogP contribution in [0, 0.1) is 10.1 Å². The van der Waals surface area contributed by atoms with Crippen LogP contribution in [-0.4, -0.2) is 40.0 Å². The number of para-hydroxylation sites is 1. The number of rotatable bonds is 7. The molecule has 0 spiro atoms. The number of nitro benzene ring substituents is 1. The summed E-state index contributed by atoms with van der Waals surface area (Å²) in [7, 11) is 0. The summed E-state index contributed by atoms with van der Waals surface area (Å²) in [6.07, 6.45) is 3.39. The monoisotopic (exact) mass is 278 g/mol. The van der Waals surface area contributed by atoms with Crippen LogP contribution in [0.4, 0.5) is 5.69 Å². The van der Waals surface area contributed by atoms with Crippen LogP contribution in [0.5, 0.6) is 0 Å². The van der Waals surface area contributed by atoms with Crippen LogP contribution >= 0.6 is 0 Å². The SMILES string of the molecule is CC(C)N(C/C=C/c1ccccc1[N+](=O)[O-])CC(=O)O. The van der Waals surface area contributed by atoms with E-state index in [2.05, 4.69) is 0 Å². The van der Waals surface area contributed by atoms with E-state index in [0.29, 0.717) is 12.1 Å². The van der Waals surface area contributed by atoms with Crippen molar-refractivity contribution in [3.8, 4) is 0 Å². The van der Waals surface area contributed by atoms with Crippen molar-refractivity contribution in [3.63, 3.8) is 0 Å². The van der Waals surface area contributed by atoms with E-state index in [1.165, 1.54) is 6.07 Å². The Morgan fingerprint density at radius 2 is 2.10 bits per heavy atom. The van der Waals surface area contributed by atoms with Gasteiger partial charge in [0.2, 0.25) is 0 Å². The van der Waals surface area contributed by atoms with E-state index in [1.807, 2.05) is 13.8 Å². The maximum atomic E-state index is 10.9. The summed E-state index contributed by atoms with van der Waals surface area (Å²) in [4.78, 5) is 22.9. The summed E-state index contributed by atoms with van der Waals surface area (Å²) in [5, 5.41) is 19.7. The molecule has 0 saturated heterocycles. The topological polar surface area (TPSA) is 83.7 Å². The van der Waals surface area contributed by atoms with Gasteiger partial charge in [0.15, 0.2) is 0 Å². The van der Waals surface area contributed by atoms with Gasteiger partial charge in [-0.15, -0.1) is 0 Å². The lowest BCUT2D eigenvalue weighted by Crippen LogP contribution is -2.35. The molecule has 6 heteroatoms. The second kappa shape index (κ2) is 7.40. The summed E-state index contributed by atoms with van der Waals surface area (Å²) in [5.41, 5.74) is 0.551. The van der Waals surface area contributed by atoms with Crippen LogP contribution in [-0.2, 0) is 4.79 Å². The molecule has 0 aliphatic rings. The average molecular weight is 278 g/mol. The van der Waals surface area contributed by atoms with Gasteiger partial charge in [-0.1, -0.05) is 24.3 Å². The summed E-state index contributed by atoms with van der Waals surface area (Å²) in [5.74, 6) is -0.891. The molecular weight excluding hydrogens is 260 g/mol. The van der Waals surface area contributed by atoms with E-state index < -0.39 is 10.9 Å². The summed E-state index contributed by atoms with van der Waals surface area (Å²) in [6, 6.07) is 6.52. The molecule has 0 radical (unpaired) electrons. The first-order valence-corrected chi connectivity index (χ1v) is 6.27. The molecular formula is C14H18N2O4. The molecule has 0 aromatic heterocycles. The highest BCUT2D eigenvalue weighted by molar-refractivity contribution is 5.69. The number of benzene rings is 1. The first-order chi connectivity index (χ1) is 9.41. The lowest BCUT2D eigenvalue weighted by molar-refractivity contribution is -0.385. The zero-order valence-electron chi connectivity index (χ0n) is 11.5. The highest BCUT2D eigenvalue weighted by Crippen LogP contribution is 2.18. The third kappa shape index (κ3) is 4.81. The van der Waals surface area contributed by atoms with Crippen LogP contribution in [0.25, 0.3) is 6.08 Å². The average Bonchev–Trinajstić information content (AvgIpc) is 2.37. The van der Waals surface area contributed by atoms with Crippen LogP contribution in [0.3, 0.4) is 0 Å². The molecule has 1 aromatic carbocycles. The molecule has 0 saturated carbocycles.